The summed E-state index contributed by atoms with van der Waals surface area (Å²) < 4.78 is 0. The summed E-state index contributed by atoms with van der Waals surface area (Å²) in [6.45, 7) is 9.26. The summed E-state index contributed by atoms with van der Waals surface area (Å²) in [7, 11) is 1.35. The summed E-state index contributed by atoms with van der Waals surface area (Å²) in [6.07, 6.45) is 1.36. The van der Waals surface area contributed by atoms with Gasteiger partial charge in [0.15, 0.2) is 0 Å². The Morgan fingerprint density at radius 1 is 1.38 bits per heavy atom. The van der Waals surface area contributed by atoms with E-state index >= 15 is 0 Å². The average Bonchev–Trinajstić information content (AvgIpc) is 1.62. The third-order valence-corrected chi connectivity index (χ3v) is 4.64. The first kappa shape index (κ1) is 8.22. The minimum absolute atomic E-state index is 0.570. The first-order valence-electron chi connectivity index (χ1n) is 3.48. The molecule has 0 saturated heterocycles. The van der Waals surface area contributed by atoms with Crippen LogP contribution in [0.15, 0.2) is 0 Å². The van der Waals surface area contributed by atoms with Gasteiger partial charge in [-0.2, -0.15) is 0 Å². The normalized spacial score (nSPS) is 16.5. The molecule has 0 amide bonds. The molecule has 0 aliphatic carbocycles. The van der Waals surface area contributed by atoms with Crippen LogP contribution >= 0.6 is 0 Å². The highest BCUT2D eigenvalue weighted by atomic mass is 28.1. The van der Waals surface area contributed by atoms with E-state index in [2.05, 4.69) is 27.7 Å². The van der Waals surface area contributed by atoms with Crippen molar-refractivity contribution in [3.63, 3.8) is 0 Å². The van der Waals surface area contributed by atoms with Gasteiger partial charge in [-0.25, -0.2) is 0 Å². The second kappa shape index (κ2) is 2.67. The van der Waals surface area contributed by atoms with Gasteiger partial charge in [-0.05, 0) is 5.41 Å². The summed E-state index contributed by atoms with van der Waals surface area (Å²) >= 11 is 0. The molecule has 1 unspecified atom stereocenters. The fraction of sp³-hybridized carbons (Fsp3) is 1.00. The van der Waals surface area contributed by atoms with E-state index in [1.165, 1.54) is 16.7 Å². The summed E-state index contributed by atoms with van der Waals surface area (Å²) in [5.41, 5.74) is 1.56. The standard InChI is InChI=1S/C7H18Si/c1-5-6(8)7(2,3)4/h6H,5H2,1-4,8H3. The Morgan fingerprint density at radius 2 is 1.75 bits per heavy atom. The zero-order valence-corrected chi connectivity index (χ0v) is 8.78. The molecule has 0 aliphatic rings. The molecular weight excluding hydrogens is 112 g/mol. The van der Waals surface area contributed by atoms with E-state index in [1.54, 1.807) is 0 Å². The van der Waals surface area contributed by atoms with Gasteiger partial charge in [0.25, 0.3) is 0 Å². The lowest BCUT2D eigenvalue weighted by molar-refractivity contribution is 0.374. The molecule has 0 aliphatic heterocycles. The molecule has 0 bridgehead atoms. The quantitative estimate of drug-likeness (QED) is 0.473. The topological polar surface area (TPSA) is 0 Å². The molecule has 0 N–H and O–H groups in total. The lowest BCUT2D eigenvalue weighted by Gasteiger charge is -2.25. The maximum Gasteiger partial charge on any atom is 0.00738 e. The fourth-order valence-corrected chi connectivity index (χ4v) is 0.612. The van der Waals surface area contributed by atoms with Crippen LogP contribution in [0.4, 0.5) is 0 Å². The van der Waals surface area contributed by atoms with Crippen LogP contribution in [0.25, 0.3) is 0 Å². The summed E-state index contributed by atoms with van der Waals surface area (Å²) in [6, 6.07) is 0. The van der Waals surface area contributed by atoms with Crippen LogP contribution in [0.2, 0.25) is 5.54 Å². The smallest absolute Gasteiger partial charge is 0.00738 e. The van der Waals surface area contributed by atoms with E-state index in [0.29, 0.717) is 5.41 Å². The van der Waals surface area contributed by atoms with Gasteiger partial charge in [0.05, 0.1) is 0 Å². The van der Waals surface area contributed by atoms with Crippen LogP contribution in [0.5, 0.6) is 0 Å². The largest absolute Gasteiger partial charge is 0.0654 e. The van der Waals surface area contributed by atoms with Crippen LogP contribution in [-0.4, -0.2) is 10.2 Å². The van der Waals surface area contributed by atoms with Gasteiger partial charge in [-0.3, -0.25) is 0 Å². The van der Waals surface area contributed by atoms with Crippen LogP contribution in [-0.2, 0) is 0 Å². The molecule has 0 fully saturated rings. The molecule has 1 heteroatoms. The van der Waals surface area contributed by atoms with Gasteiger partial charge in [-0.1, -0.05) is 39.7 Å². The van der Waals surface area contributed by atoms with Crippen molar-refractivity contribution < 1.29 is 0 Å². The molecule has 0 rings (SSSR count). The highest BCUT2D eigenvalue weighted by Gasteiger charge is 2.16. The third kappa shape index (κ3) is 2.51. The van der Waals surface area contributed by atoms with Crippen molar-refractivity contribution >= 4 is 10.2 Å². The number of rotatable bonds is 1. The lowest BCUT2D eigenvalue weighted by Crippen LogP contribution is -2.13. The first-order chi connectivity index (χ1) is 3.48. The fourth-order valence-electron chi connectivity index (χ4n) is 0.612. The van der Waals surface area contributed by atoms with Crippen molar-refractivity contribution in [2.24, 2.45) is 5.41 Å². The van der Waals surface area contributed by atoms with E-state index in [0.717, 1.165) is 5.54 Å². The third-order valence-electron chi connectivity index (χ3n) is 2.09. The second-order valence-electron chi connectivity index (χ2n) is 3.68. The Labute approximate surface area is 56.1 Å². The van der Waals surface area contributed by atoms with Gasteiger partial charge in [0.2, 0.25) is 0 Å². The molecule has 0 aromatic heterocycles. The summed E-state index contributed by atoms with van der Waals surface area (Å²) in [5, 5.41) is 0. The maximum absolute atomic E-state index is 2.33. The van der Waals surface area contributed by atoms with Crippen LogP contribution in [0.1, 0.15) is 34.1 Å². The van der Waals surface area contributed by atoms with Crippen molar-refractivity contribution in [3.8, 4) is 0 Å². The second-order valence-corrected chi connectivity index (χ2v) is 5.07. The summed E-state index contributed by atoms with van der Waals surface area (Å²) in [5.74, 6) is 0. The molecule has 0 aromatic rings. The van der Waals surface area contributed by atoms with Gasteiger partial charge in [0.1, 0.15) is 0 Å². The van der Waals surface area contributed by atoms with Crippen molar-refractivity contribution in [2.45, 2.75) is 39.7 Å². The van der Waals surface area contributed by atoms with E-state index < -0.39 is 0 Å². The Balaban J connectivity index is 3.62. The molecular formula is C7H18Si. The van der Waals surface area contributed by atoms with E-state index in [-0.39, 0.29) is 0 Å². The van der Waals surface area contributed by atoms with Gasteiger partial charge >= 0.3 is 0 Å². The molecule has 8 heavy (non-hydrogen) atoms. The van der Waals surface area contributed by atoms with Gasteiger partial charge < -0.3 is 0 Å². The minimum Gasteiger partial charge on any atom is -0.0654 e. The first-order valence-corrected chi connectivity index (χ1v) is 4.64. The molecule has 50 valence electrons. The van der Waals surface area contributed by atoms with Gasteiger partial charge in [0, 0.05) is 10.2 Å². The van der Waals surface area contributed by atoms with E-state index in [9.17, 15) is 0 Å². The van der Waals surface area contributed by atoms with Crippen molar-refractivity contribution in [1.82, 2.24) is 0 Å². The van der Waals surface area contributed by atoms with Crippen molar-refractivity contribution in [2.75, 3.05) is 0 Å². The predicted molar refractivity (Wildman–Crippen MR) is 43.4 cm³/mol. The molecule has 1 atom stereocenters. The van der Waals surface area contributed by atoms with E-state index in [1.807, 2.05) is 0 Å². The summed E-state index contributed by atoms with van der Waals surface area (Å²) in [4.78, 5) is 0. The highest BCUT2D eigenvalue weighted by molar-refractivity contribution is 6.12. The highest BCUT2D eigenvalue weighted by Crippen LogP contribution is 2.30. The molecule has 0 heterocycles. The Hall–Kier alpha value is 0.217. The Morgan fingerprint density at radius 3 is 1.75 bits per heavy atom. The van der Waals surface area contributed by atoms with E-state index in [4.69, 9.17) is 0 Å². The maximum atomic E-state index is 2.33. The SMILES string of the molecule is CCC([SiH3])C(C)(C)C. The molecule has 0 saturated carbocycles. The average molecular weight is 130 g/mol. The predicted octanol–water partition coefficient (Wildman–Crippen LogP) is 1.60. The van der Waals surface area contributed by atoms with Gasteiger partial charge in [-0.15, -0.1) is 0 Å². The van der Waals surface area contributed by atoms with Crippen LogP contribution in [0, 0.1) is 5.41 Å². The van der Waals surface area contributed by atoms with Crippen LogP contribution in [0.3, 0.4) is 0 Å². The zero-order chi connectivity index (χ0) is 6.78. The van der Waals surface area contributed by atoms with Crippen LogP contribution < -0.4 is 0 Å². The lowest BCUT2D eigenvalue weighted by atomic mass is 9.90. The Kier molecular flexibility index (Phi) is 2.74. The molecule has 0 radical (unpaired) electrons. The minimum atomic E-state index is 0.570. The molecule has 0 aromatic carbocycles. The Bertz CT molecular complexity index is 61.3. The number of hydrogen-bond donors (Lipinski definition) is 0. The molecule has 0 nitrogen and oxygen atoms in total. The van der Waals surface area contributed by atoms with Crippen molar-refractivity contribution in [1.29, 1.82) is 0 Å². The zero-order valence-electron chi connectivity index (χ0n) is 6.78. The van der Waals surface area contributed by atoms with Crippen molar-refractivity contribution in [3.05, 3.63) is 0 Å². The molecule has 0 spiro atoms. The monoisotopic (exact) mass is 130 g/mol. The number of hydrogen-bond acceptors (Lipinski definition) is 0.